The van der Waals surface area contributed by atoms with Crippen molar-refractivity contribution in [1.29, 1.82) is 0 Å². The molecule has 0 saturated heterocycles. The van der Waals surface area contributed by atoms with Crippen LogP contribution >= 0.6 is 11.6 Å². The number of likely N-dealkylation sites (N-methyl/N-ethyl adjacent to an activating group) is 1. The van der Waals surface area contributed by atoms with Crippen LogP contribution in [0.2, 0.25) is 5.02 Å². The summed E-state index contributed by atoms with van der Waals surface area (Å²) in [6.07, 6.45) is 0.226. The van der Waals surface area contributed by atoms with Crippen LogP contribution in [0.1, 0.15) is 23.6 Å². The predicted octanol–water partition coefficient (Wildman–Crippen LogP) is 5.63. The van der Waals surface area contributed by atoms with Gasteiger partial charge in [0.2, 0.25) is 11.8 Å². The molecular formula is C34H36ClN3O5S. The molecule has 0 aliphatic heterocycles. The molecule has 44 heavy (non-hydrogen) atoms. The minimum absolute atomic E-state index is 0.0217. The van der Waals surface area contributed by atoms with E-state index in [1.54, 1.807) is 62.6 Å². The van der Waals surface area contributed by atoms with Gasteiger partial charge in [0, 0.05) is 24.5 Å². The second-order valence-electron chi connectivity index (χ2n) is 10.2. The summed E-state index contributed by atoms with van der Waals surface area (Å²) in [6, 6.07) is 28.4. The molecule has 2 amide bonds. The summed E-state index contributed by atoms with van der Waals surface area (Å²) >= 11 is 6.42. The van der Waals surface area contributed by atoms with E-state index >= 15 is 0 Å². The number of carbonyl (C=O) groups is 2. The number of anilines is 1. The second kappa shape index (κ2) is 14.9. The molecule has 230 valence electrons. The minimum Gasteiger partial charge on any atom is -0.497 e. The number of amides is 2. The quantitative estimate of drug-likeness (QED) is 0.206. The molecule has 0 radical (unpaired) electrons. The molecule has 1 N–H and O–H groups in total. The number of nitrogens with zero attached hydrogens (tertiary/aromatic N) is 2. The summed E-state index contributed by atoms with van der Waals surface area (Å²) in [6.45, 7) is 3.45. The van der Waals surface area contributed by atoms with Crippen molar-refractivity contribution in [3.05, 3.63) is 125 Å². The second-order valence-corrected chi connectivity index (χ2v) is 12.5. The van der Waals surface area contributed by atoms with E-state index in [2.05, 4.69) is 5.32 Å². The molecule has 8 nitrogen and oxygen atoms in total. The molecule has 0 aliphatic carbocycles. The van der Waals surface area contributed by atoms with Crippen LogP contribution < -0.4 is 14.4 Å². The van der Waals surface area contributed by atoms with E-state index in [0.29, 0.717) is 17.3 Å². The lowest BCUT2D eigenvalue weighted by Gasteiger charge is -2.34. The Morgan fingerprint density at radius 2 is 1.55 bits per heavy atom. The van der Waals surface area contributed by atoms with Gasteiger partial charge in [-0.15, -0.1) is 0 Å². The fraction of sp³-hybridized carbons (Fsp3) is 0.235. The Balaban J connectivity index is 1.81. The van der Waals surface area contributed by atoms with Crippen molar-refractivity contribution in [2.24, 2.45) is 0 Å². The highest BCUT2D eigenvalue weighted by Gasteiger charge is 2.34. The zero-order chi connectivity index (χ0) is 31.7. The number of ether oxygens (including phenoxy) is 1. The number of rotatable bonds is 13. The average molecular weight is 634 g/mol. The lowest BCUT2D eigenvalue weighted by atomic mass is 10.0. The van der Waals surface area contributed by atoms with Gasteiger partial charge >= 0.3 is 0 Å². The topological polar surface area (TPSA) is 96.0 Å². The normalized spacial score (nSPS) is 11.8. The Labute approximate surface area is 264 Å². The first-order chi connectivity index (χ1) is 21.1. The van der Waals surface area contributed by atoms with Gasteiger partial charge in [0.25, 0.3) is 10.0 Å². The number of benzene rings is 4. The van der Waals surface area contributed by atoms with Crippen LogP contribution in [0, 0.1) is 6.92 Å². The minimum atomic E-state index is -4.20. The van der Waals surface area contributed by atoms with Crippen molar-refractivity contribution >= 4 is 39.1 Å². The highest BCUT2D eigenvalue weighted by molar-refractivity contribution is 7.92. The Kier molecular flexibility index (Phi) is 11.0. The van der Waals surface area contributed by atoms with Crippen molar-refractivity contribution in [2.75, 3.05) is 24.5 Å². The van der Waals surface area contributed by atoms with E-state index in [9.17, 15) is 18.0 Å². The number of aryl methyl sites for hydroxylation is 1. The summed E-state index contributed by atoms with van der Waals surface area (Å²) in [5.41, 5.74) is 2.57. The summed E-state index contributed by atoms with van der Waals surface area (Å²) in [5, 5.41) is 3.22. The summed E-state index contributed by atoms with van der Waals surface area (Å²) in [5.74, 6) is -0.310. The maximum absolute atomic E-state index is 14.4. The van der Waals surface area contributed by atoms with Crippen LogP contribution in [0.15, 0.2) is 108 Å². The first-order valence-corrected chi connectivity index (χ1v) is 16.0. The summed E-state index contributed by atoms with van der Waals surface area (Å²) in [7, 11) is -2.65. The van der Waals surface area contributed by atoms with Crippen molar-refractivity contribution in [3.63, 3.8) is 0 Å². The molecule has 0 spiro atoms. The number of halogens is 1. The molecule has 0 fully saturated rings. The zero-order valence-electron chi connectivity index (χ0n) is 24.9. The first kappa shape index (κ1) is 32.6. The molecule has 4 aromatic carbocycles. The molecule has 0 saturated carbocycles. The van der Waals surface area contributed by atoms with Gasteiger partial charge in [-0.05, 0) is 66.9 Å². The fourth-order valence-electron chi connectivity index (χ4n) is 4.80. The SMILES string of the molecule is CCNC(=O)C(Cc1ccccc1)N(Cc1cccc(OC)c1)C(=O)CN(c1ccc(C)c(Cl)c1)S(=O)(=O)c1ccccc1. The van der Waals surface area contributed by atoms with Gasteiger partial charge in [-0.25, -0.2) is 8.42 Å². The third-order valence-corrected chi connectivity index (χ3v) is 9.36. The Morgan fingerprint density at radius 3 is 2.18 bits per heavy atom. The zero-order valence-corrected chi connectivity index (χ0v) is 26.5. The third kappa shape index (κ3) is 7.98. The maximum Gasteiger partial charge on any atom is 0.264 e. The van der Waals surface area contributed by atoms with Crippen LogP contribution in [0.25, 0.3) is 0 Å². The standard InChI is InChI=1S/C34H36ClN3O5S/c1-4-36-34(40)32(21-26-12-7-5-8-13-26)37(23-27-14-11-15-29(20-27)43-3)33(39)24-38(28-19-18-25(2)31(35)22-28)44(41,42)30-16-9-6-10-17-30/h5-20,22,32H,4,21,23-24H2,1-3H3,(H,36,40). The smallest absolute Gasteiger partial charge is 0.264 e. The molecule has 10 heteroatoms. The van der Waals surface area contributed by atoms with Crippen molar-refractivity contribution in [1.82, 2.24) is 10.2 Å². The van der Waals surface area contributed by atoms with E-state index in [1.165, 1.54) is 23.1 Å². The Hall–Kier alpha value is -4.34. The lowest BCUT2D eigenvalue weighted by molar-refractivity contribution is -0.140. The number of hydrogen-bond acceptors (Lipinski definition) is 5. The summed E-state index contributed by atoms with van der Waals surface area (Å²) in [4.78, 5) is 29.5. The molecule has 1 unspecified atom stereocenters. The number of carbonyl (C=O) groups excluding carboxylic acids is 2. The molecule has 0 heterocycles. The summed E-state index contributed by atoms with van der Waals surface area (Å²) < 4.78 is 34.5. The van der Waals surface area contributed by atoms with Crippen LogP contribution in [0.3, 0.4) is 0 Å². The first-order valence-electron chi connectivity index (χ1n) is 14.2. The van der Waals surface area contributed by atoms with E-state index in [-0.39, 0.29) is 29.5 Å². The van der Waals surface area contributed by atoms with Gasteiger partial charge in [-0.1, -0.05) is 78.3 Å². The number of nitrogens with one attached hydrogen (secondary N) is 1. The van der Waals surface area contributed by atoms with Gasteiger partial charge in [-0.3, -0.25) is 13.9 Å². The third-order valence-electron chi connectivity index (χ3n) is 7.16. The van der Waals surface area contributed by atoms with Crippen molar-refractivity contribution in [2.45, 2.75) is 37.8 Å². The largest absolute Gasteiger partial charge is 0.497 e. The van der Waals surface area contributed by atoms with Gasteiger partial charge in [0.1, 0.15) is 18.3 Å². The molecule has 4 aromatic rings. The van der Waals surface area contributed by atoms with Gasteiger partial charge < -0.3 is 15.0 Å². The van der Waals surface area contributed by atoms with E-state index in [0.717, 1.165) is 21.0 Å². The Morgan fingerprint density at radius 1 is 0.886 bits per heavy atom. The lowest BCUT2D eigenvalue weighted by Crippen LogP contribution is -2.53. The van der Waals surface area contributed by atoms with Gasteiger partial charge in [0.05, 0.1) is 17.7 Å². The van der Waals surface area contributed by atoms with Crippen LogP contribution in [0.4, 0.5) is 5.69 Å². The fourth-order valence-corrected chi connectivity index (χ4v) is 6.40. The molecular weight excluding hydrogens is 598 g/mol. The Bertz CT molecular complexity index is 1680. The van der Waals surface area contributed by atoms with Crippen LogP contribution in [-0.4, -0.2) is 51.4 Å². The molecule has 4 rings (SSSR count). The number of methoxy groups -OCH3 is 1. The van der Waals surface area contributed by atoms with Crippen molar-refractivity contribution < 1.29 is 22.7 Å². The monoisotopic (exact) mass is 633 g/mol. The average Bonchev–Trinajstić information content (AvgIpc) is 3.03. The van der Waals surface area contributed by atoms with Gasteiger partial charge in [0.15, 0.2) is 0 Å². The molecule has 0 aromatic heterocycles. The maximum atomic E-state index is 14.4. The highest BCUT2D eigenvalue weighted by atomic mass is 35.5. The number of sulfonamides is 1. The van der Waals surface area contributed by atoms with E-state index < -0.39 is 28.5 Å². The van der Waals surface area contributed by atoms with Gasteiger partial charge in [-0.2, -0.15) is 0 Å². The highest BCUT2D eigenvalue weighted by Crippen LogP contribution is 2.29. The van der Waals surface area contributed by atoms with Crippen molar-refractivity contribution in [3.8, 4) is 5.75 Å². The van der Waals surface area contributed by atoms with E-state index in [1.807, 2.05) is 43.3 Å². The molecule has 1 atom stereocenters. The predicted molar refractivity (Wildman–Crippen MR) is 173 cm³/mol. The molecule has 0 aliphatic rings. The van der Waals surface area contributed by atoms with E-state index in [4.69, 9.17) is 16.3 Å². The molecule has 0 bridgehead atoms. The van der Waals surface area contributed by atoms with Crippen LogP contribution in [0.5, 0.6) is 5.75 Å². The van der Waals surface area contributed by atoms with Crippen LogP contribution in [-0.2, 0) is 32.6 Å². The number of hydrogen-bond donors (Lipinski definition) is 1.